The van der Waals surface area contributed by atoms with Crippen molar-refractivity contribution in [1.29, 1.82) is 5.26 Å². The van der Waals surface area contributed by atoms with Gasteiger partial charge in [0.25, 0.3) is 0 Å². The SMILES string of the molecule is CCOC(=O)CC(=O)CBr.CCOC(=O)CC1(O)CN(c2ccc(Cl)cc2)C(Cc2ccc(F)cc2)=N1.CCOC(=O)Cc1cn(-c2ccc(Cl)cc2)c(Cc2ccc(F)cc2)n1.N#CCc1ccc(F)cc1.NC(Cc1ccc(F)cc1)=Nc1ccc(Cl)cc1.Nc1ccc(Cl)cc1.Nc1ccccc1N.O=C(O)Cc1cn(-c2ccc(Cl)cc2)c(Cc2ccc(F)cc2)n1. The van der Waals surface area contributed by atoms with E-state index < -0.39 is 23.6 Å². The van der Waals surface area contributed by atoms with Gasteiger partial charge in [0.2, 0.25) is 0 Å². The molecule has 0 saturated carbocycles. The molecule has 10 N–H and O–H groups in total. The number of ketones is 1. The zero-order valence-corrected chi connectivity index (χ0v) is 76.5. The van der Waals surface area contributed by atoms with E-state index >= 15 is 0 Å². The maximum absolute atomic E-state index is 13.2. The average molecular weight is 1950 g/mol. The number of ether oxygens (including phenoxy) is 3. The molecule has 13 aromatic rings. The van der Waals surface area contributed by atoms with Gasteiger partial charge in [-0.3, -0.25) is 24.0 Å². The van der Waals surface area contributed by atoms with Crippen molar-refractivity contribution in [3.63, 3.8) is 0 Å². The molecule has 22 nitrogen and oxygen atoms in total. The summed E-state index contributed by atoms with van der Waals surface area (Å²) < 4.78 is 82.6. The Labute approximate surface area is 788 Å². The minimum Gasteiger partial charge on any atom is -0.481 e. The van der Waals surface area contributed by atoms with Crippen molar-refractivity contribution in [2.45, 2.75) is 84.3 Å². The fourth-order valence-electron chi connectivity index (χ4n) is 11.7. The number of halogens is 11. The number of alkyl halides is 1. The topological polar surface area (TPSA) is 345 Å². The van der Waals surface area contributed by atoms with Crippen molar-refractivity contribution in [1.82, 2.24) is 19.1 Å². The van der Waals surface area contributed by atoms with Crippen molar-refractivity contribution >= 4 is 144 Å². The van der Waals surface area contributed by atoms with E-state index in [1.54, 1.807) is 185 Å². The van der Waals surface area contributed by atoms with Gasteiger partial charge in [0.1, 0.15) is 58.8 Å². The number of nitrogens with zero attached hydrogens (tertiary/aromatic N) is 8. The molecule has 2 aromatic heterocycles. The van der Waals surface area contributed by atoms with Crippen molar-refractivity contribution in [2.75, 3.05) is 53.8 Å². The number of esters is 3. The summed E-state index contributed by atoms with van der Waals surface area (Å²) in [4.78, 5) is 75.2. The number of rotatable bonds is 25. The normalized spacial score (nSPS) is 12.1. The third-order valence-electron chi connectivity index (χ3n) is 17.8. The molecule has 11 aromatic carbocycles. The highest BCUT2D eigenvalue weighted by atomic mass is 79.9. The first-order valence-corrected chi connectivity index (χ1v) is 43.3. The van der Waals surface area contributed by atoms with Gasteiger partial charge in [-0.1, -0.05) is 147 Å². The first-order chi connectivity index (χ1) is 62.7. The average Bonchev–Trinajstić information content (AvgIpc) is 1.64. The predicted octanol–water partition coefficient (Wildman–Crippen LogP) is 21.1. The maximum atomic E-state index is 13.2. The van der Waals surface area contributed by atoms with Crippen molar-refractivity contribution in [3.05, 3.63) is 384 Å². The number of benzene rings is 11. The largest absolute Gasteiger partial charge is 0.481 e. The molecule has 0 spiro atoms. The summed E-state index contributed by atoms with van der Waals surface area (Å²) in [5.74, 6) is -1.31. The number of anilines is 4. The number of Topliss-reactive ketones (excluding diaryl/α,β-unsaturated/α-hetero) is 1. The van der Waals surface area contributed by atoms with Gasteiger partial charge in [-0.05, 0) is 243 Å². The summed E-state index contributed by atoms with van der Waals surface area (Å²) in [5, 5.41) is 31.5. The highest BCUT2D eigenvalue weighted by molar-refractivity contribution is 9.09. The number of nitriles is 1. The predicted molar refractivity (Wildman–Crippen MR) is 510 cm³/mol. The zero-order chi connectivity index (χ0) is 95.4. The second kappa shape index (κ2) is 54.9. The number of nitrogens with two attached hydrogens (primary N) is 4. The molecule has 1 aliphatic rings. The molecule has 0 radical (unpaired) electrons. The fourth-order valence-corrected chi connectivity index (χ4v) is 12.5. The van der Waals surface area contributed by atoms with Crippen molar-refractivity contribution in [2.24, 2.45) is 15.7 Å². The van der Waals surface area contributed by atoms with Gasteiger partial charge in [0.05, 0.1) is 91.9 Å². The molecule has 0 bridgehead atoms. The lowest BCUT2D eigenvalue weighted by atomic mass is 10.1. The number of aliphatic carboxylic acids is 1. The van der Waals surface area contributed by atoms with Crippen LogP contribution in [0.3, 0.4) is 0 Å². The van der Waals surface area contributed by atoms with Gasteiger partial charge in [-0.25, -0.2) is 41.9 Å². The van der Waals surface area contributed by atoms with Gasteiger partial charge in [-0.2, -0.15) is 5.26 Å². The van der Waals surface area contributed by atoms with Gasteiger partial charge >= 0.3 is 23.9 Å². The Bertz CT molecular complexity index is 5850. The number of carbonyl (C=O) groups excluding carboxylic acids is 4. The molecule has 1 unspecified atom stereocenters. The Balaban J connectivity index is 0.000000213. The number of hydrogen-bond donors (Lipinski definition) is 6. The summed E-state index contributed by atoms with van der Waals surface area (Å²) in [7, 11) is 0. The van der Waals surface area contributed by atoms with E-state index in [4.69, 9.17) is 101 Å². The molecule has 14 rings (SSSR count). The zero-order valence-electron chi connectivity index (χ0n) is 71.2. The van der Waals surface area contributed by atoms with Crippen LogP contribution in [-0.2, 0) is 83.1 Å². The Kier molecular flexibility index (Phi) is 44.0. The van der Waals surface area contributed by atoms with Crippen molar-refractivity contribution in [3.8, 4) is 17.4 Å². The maximum Gasteiger partial charge on any atom is 0.313 e. The molecule has 1 aliphatic heterocycles. The summed E-state index contributed by atoms with van der Waals surface area (Å²) in [6, 6.07) is 75.7. The molecule has 131 heavy (non-hydrogen) atoms. The second-order valence-corrected chi connectivity index (χ2v) is 30.9. The highest BCUT2D eigenvalue weighted by Crippen LogP contribution is 2.31. The van der Waals surface area contributed by atoms with Crippen LogP contribution in [0.15, 0.2) is 289 Å². The monoisotopic (exact) mass is 1950 g/mol. The highest BCUT2D eigenvalue weighted by Gasteiger charge is 2.40. The number of carboxylic acid groups (broad SMARTS) is 1. The Morgan fingerprint density at radius 3 is 1.21 bits per heavy atom. The Hall–Kier alpha value is -13.2. The van der Waals surface area contributed by atoms with Crippen LogP contribution < -0.4 is 27.8 Å². The molecular weight excluding hydrogens is 1860 g/mol. The standard InChI is InChI=1S/C20H20ClFN2O3.C20H18ClFN2O2.C18H14ClFN2O2.C14H12ClFN2.C8H6FN.C6H9BrO3.C6H6ClN.C6H8N2/c1-2-27-19(25)12-20(26)13-24(17-9-5-15(21)6-10-17)18(23-20)11-14-3-7-16(22)8-4-14;1-2-26-20(25)12-17-13-24(18-9-5-15(21)6-10-18)19(23-17)11-14-3-7-16(22)8-4-14;19-13-3-7-16(8-4-13)22-11-15(10-18(23)24)21-17(22)9-12-1-5-14(20)6-2-12;15-11-3-7-13(8-4-11)18-14(17)9-10-1-5-12(16)6-2-10;9-8-3-1-7(2-4-8)5-6-10;1-2-10-6(9)3-5(8)4-7;7-5-1-3-6(8)4-2-5;7-5-3-1-2-4-6(5)8/h3-10,26H,2,11-13H2,1H3;3-10,13H,2,11-12H2,1H3;1-8,11H,9-10H2,(H,23,24);1-8H,9H2,(H2,17,18);1-4H,5H2;2-4H2,1H3;1-4H,8H2;1-4H,7-8H2. The van der Waals surface area contributed by atoms with Crippen LogP contribution >= 0.6 is 73.9 Å². The summed E-state index contributed by atoms with van der Waals surface area (Å²) >= 11 is 32.1. The second-order valence-electron chi connectivity index (χ2n) is 28.2. The molecule has 33 heteroatoms. The first kappa shape index (κ1) is 105. The lowest BCUT2D eigenvalue weighted by Gasteiger charge is -2.24. The van der Waals surface area contributed by atoms with Crippen LogP contribution in [0.5, 0.6) is 0 Å². The van der Waals surface area contributed by atoms with Crippen LogP contribution in [0.4, 0.5) is 50.4 Å². The molecule has 0 aliphatic carbocycles. The number of amidine groups is 2. The van der Waals surface area contributed by atoms with Crippen molar-refractivity contribution < 1.29 is 70.3 Å². The van der Waals surface area contributed by atoms with Crippen LogP contribution in [0.2, 0.25) is 25.1 Å². The van der Waals surface area contributed by atoms with Gasteiger partial charge < -0.3 is 61.4 Å². The van der Waals surface area contributed by atoms with Gasteiger partial charge in [0.15, 0.2) is 11.5 Å². The lowest BCUT2D eigenvalue weighted by Crippen LogP contribution is -2.38. The van der Waals surface area contributed by atoms with Crippen LogP contribution in [0, 0.1) is 40.4 Å². The smallest absolute Gasteiger partial charge is 0.313 e. The molecule has 0 saturated heterocycles. The number of aliphatic hydroxyl groups is 1. The molecular formula is C98H93BrCl5F5N12O10. The third kappa shape index (κ3) is 38.9. The van der Waals surface area contributed by atoms with Crippen LogP contribution in [0.1, 0.15) is 84.5 Å². The Morgan fingerprint density at radius 2 is 0.832 bits per heavy atom. The van der Waals surface area contributed by atoms with E-state index in [0.29, 0.717) is 106 Å². The van der Waals surface area contributed by atoms with E-state index in [-0.39, 0.29) is 85.0 Å². The van der Waals surface area contributed by atoms with Gasteiger partial charge in [-0.15, -0.1) is 0 Å². The molecule has 682 valence electrons. The number of hydrogen-bond acceptors (Lipinski definition) is 18. The first-order valence-electron chi connectivity index (χ1n) is 40.3. The number of nitrogen functional groups attached to an aromatic ring is 3. The number of β-amino-alcohol motifs (C(OH)–C–C–N with tert-alkyl or cyclic N) is 1. The minimum absolute atomic E-state index is 0.102. The third-order valence-corrected chi connectivity index (χ3v) is 19.7. The summed E-state index contributed by atoms with van der Waals surface area (Å²) in [6.45, 7) is 6.19. The number of carbonyl (C=O) groups is 5. The summed E-state index contributed by atoms with van der Waals surface area (Å²) in [6.07, 6.45) is 5.29. The van der Waals surface area contributed by atoms with Gasteiger partial charge in [0, 0.05) is 85.9 Å². The van der Waals surface area contributed by atoms with E-state index in [2.05, 4.69) is 40.6 Å². The molecule has 3 heterocycles. The molecule has 1 atom stereocenters. The van der Waals surface area contributed by atoms with E-state index in [0.717, 1.165) is 67.1 Å². The summed E-state index contributed by atoms with van der Waals surface area (Å²) in [5.41, 5.74) is 31.2. The number of carboxylic acids is 1. The molecule has 0 amide bonds. The van der Waals surface area contributed by atoms with E-state index in [1.165, 1.54) is 60.7 Å². The number of imidazole rings is 2. The number of para-hydroxylation sites is 2. The molecule has 0 fully saturated rings. The van der Waals surface area contributed by atoms with E-state index in [9.17, 15) is 51.0 Å². The quantitative estimate of drug-likeness (QED) is 0.00452. The number of aromatic nitrogens is 4. The minimum atomic E-state index is -1.58. The number of aliphatic imine (C=N–C) groups is 2. The van der Waals surface area contributed by atoms with Crippen LogP contribution in [-0.4, -0.2) is 108 Å². The lowest BCUT2D eigenvalue weighted by molar-refractivity contribution is -0.148. The van der Waals surface area contributed by atoms with Crippen LogP contribution in [0.25, 0.3) is 11.4 Å². The Morgan fingerprint density at radius 1 is 0.473 bits per heavy atom. The van der Waals surface area contributed by atoms with E-state index in [1.807, 2.05) is 74.8 Å². The fraction of sp³-hybridized carbons (Fsp3) is 0.184.